The number of furan rings is 1. The molecule has 2 aromatic carbocycles. The number of rotatable bonds is 9. The van der Waals surface area contributed by atoms with Crippen molar-refractivity contribution in [2.75, 3.05) is 13.2 Å². The summed E-state index contributed by atoms with van der Waals surface area (Å²) in [5.74, 6) is 0.346. The molecule has 12 heteroatoms. The zero-order valence-corrected chi connectivity index (χ0v) is 23.2. The van der Waals surface area contributed by atoms with Crippen LogP contribution < -0.4 is 20.8 Å². The minimum atomic E-state index is -0.627. The Hall–Kier alpha value is -3.86. The van der Waals surface area contributed by atoms with Gasteiger partial charge in [0.25, 0.3) is 5.91 Å². The van der Waals surface area contributed by atoms with Crippen LogP contribution in [0.3, 0.4) is 0 Å². The minimum absolute atomic E-state index is 0.222. The van der Waals surface area contributed by atoms with Crippen LogP contribution in [0.25, 0.3) is 11.3 Å². The van der Waals surface area contributed by atoms with Gasteiger partial charge in [-0.05, 0) is 62.5 Å². The predicted molar refractivity (Wildman–Crippen MR) is 153 cm³/mol. The van der Waals surface area contributed by atoms with Gasteiger partial charge in [-0.25, -0.2) is 10.2 Å². The maximum absolute atomic E-state index is 12.7. The van der Waals surface area contributed by atoms with E-state index in [1.54, 1.807) is 68.4 Å². The van der Waals surface area contributed by atoms with Crippen molar-refractivity contribution >= 4 is 58.6 Å². The summed E-state index contributed by atoms with van der Waals surface area (Å²) in [6.45, 7) is 3.37. The molecule has 0 saturated heterocycles. The Morgan fingerprint density at radius 2 is 1.97 bits per heavy atom. The number of hydrogen-bond donors (Lipinski definition) is 3. The van der Waals surface area contributed by atoms with E-state index in [0.29, 0.717) is 54.8 Å². The number of benzene rings is 2. The van der Waals surface area contributed by atoms with Crippen LogP contribution in [-0.4, -0.2) is 36.4 Å². The van der Waals surface area contributed by atoms with Gasteiger partial charge in [0.1, 0.15) is 17.3 Å². The lowest BCUT2D eigenvalue weighted by atomic mass is 9.95. The van der Waals surface area contributed by atoms with Gasteiger partial charge >= 0.3 is 5.97 Å². The number of hydrogen-bond acceptors (Lipinski definition) is 7. The smallest absolute Gasteiger partial charge is 0.338 e. The summed E-state index contributed by atoms with van der Waals surface area (Å²) in [7, 11) is 0. The van der Waals surface area contributed by atoms with E-state index in [0.717, 1.165) is 0 Å². The lowest BCUT2D eigenvalue weighted by Gasteiger charge is -2.30. The van der Waals surface area contributed by atoms with Gasteiger partial charge in [-0.1, -0.05) is 41.4 Å². The third kappa shape index (κ3) is 6.97. The Balaban J connectivity index is 1.40. The van der Waals surface area contributed by atoms with E-state index in [4.69, 9.17) is 49.3 Å². The summed E-state index contributed by atoms with van der Waals surface area (Å²) in [6, 6.07) is 14.9. The molecule has 0 aliphatic carbocycles. The standard InChI is InChI=1S/C27H24Cl2N4O5S/c1-3-36-26(35)24-15(2)31-27(39)32-25(24)19-6-4-5-7-21(19)37-14-23(34)33-30-13-17-9-11-22(38-17)18-10-8-16(28)12-20(18)29/h4-13,25H,3,14H2,1-2H3,(H,33,34)(H2,31,32,39)/t25-/m0/s1. The third-order valence-corrected chi connectivity index (χ3v) is 6.33. The summed E-state index contributed by atoms with van der Waals surface area (Å²) in [5.41, 5.74) is 4.63. The maximum atomic E-state index is 12.7. The summed E-state index contributed by atoms with van der Waals surface area (Å²) in [5, 5.41) is 11.3. The molecule has 9 nitrogen and oxygen atoms in total. The highest BCUT2D eigenvalue weighted by atomic mass is 35.5. The monoisotopic (exact) mass is 586 g/mol. The topological polar surface area (TPSA) is 114 Å². The Kier molecular flexibility index (Phi) is 9.23. The van der Waals surface area contributed by atoms with E-state index in [1.807, 2.05) is 0 Å². The highest BCUT2D eigenvalue weighted by molar-refractivity contribution is 7.80. The number of hydrazone groups is 1. The summed E-state index contributed by atoms with van der Waals surface area (Å²) in [6.07, 6.45) is 1.36. The Labute approximate surface area is 240 Å². The highest BCUT2D eigenvalue weighted by Crippen LogP contribution is 2.34. The Morgan fingerprint density at radius 1 is 1.18 bits per heavy atom. The number of nitrogens with zero attached hydrogens (tertiary/aromatic N) is 1. The second-order valence-electron chi connectivity index (χ2n) is 8.24. The lowest BCUT2D eigenvalue weighted by molar-refractivity contribution is -0.139. The molecule has 0 unspecified atom stereocenters. The van der Waals surface area contributed by atoms with Gasteiger partial charge in [-0.15, -0.1) is 0 Å². The van der Waals surface area contributed by atoms with Gasteiger partial charge in [0.2, 0.25) is 0 Å². The predicted octanol–water partition coefficient (Wildman–Crippen LogP) is 5.14. The fraction of sp³-hybridized carbons (Fsp3) is 0.185. The zero-order valence-electron chi connectivity index (χ0n) is 20.9. The number of halogens is 2. The molecule has 1 atom stereocenters. The first-order valence-corrected chi connectivity index (χ1v) is 13.0. The Bertz CT molecular complexity index is 1470. The normalized spacial score (nSPS) is 15.1. The van der Waals surface area contributed by atoms with Crippen LogP contribution in [-0.2, 0) is 14.3 Å². The van der Waals surface area contributed by atoms with Gasteiger partial charge in [-0.2, -0.15) is 5.10 Å². The molecule has 1 amide bonds. The van der Waals surface area contributed by atoms with Gasteiger partial charge in [0.15, 0.2) is 11.7 Å². The number of para-hydroxylation sites is 1. The average molecular weight is 587 g/mol. The number of allylic oxidation sites excluding steroid dienone is 1. The Morgan fingerprint density at radius 3 is 2.74 bits per heavy atom. The van der Waals surface area contributed by atoms with Crippen molar-refractivity contribution in [1.29, 1.82) is 0 Å². The maximum Gasteiger partial charge on any atom is 0.338 e. The van der Waals surface area contributed by atoms with Gasteiger partial charge in [-0.3, -0.25) is 4.79 Å². The number of carbonyl (C=O) groups is 2. The quantitative estimate of drug-likeness (QED) is 0.137. The second kappa shape index (κ2) is 12.8. The third-order valence-electron chi connectivity index (χ3n) is 5.56. The second-order valence-corrected chi connectivity index (χ2v) is 9.49. The van der Waals surface area contributed by atoms with Gasteiger partial charge in [0.05, 0.1) is 29.5 Å². The molecule has 0 fully saturated rings. The van der Waals surface area contributed by atoms with Crippen LogP contribution in [0.4, 0.5) is 0 Å². The molecule has 1 aliphatic heterocycles. The molecule has 4 rings (SSSR count). The first kappa shape index (κ1) is 28.2. The van der Waals surface area contributed by atoms with E-state index in [-0.39, 0.29) is 13.2 Å². The fourth-order valence-corrected chi connectivity index (χ4v) is 4.63. The molecule has 0 saturated carbocycles. The number of esters is 1. The van der Waals surface area contributed by atoms with Crippen LogP contribution in [0.5, 0.6) is 5.75 Å². The minimum Gasteiger partial charge on any atom is -0.483 e. The van der Waals surface area contributed by atoms with Crippen LogP contribution in [0.2, 0.25) is 10.0 Å². The molecule has 202 valence electrons. The first-order valence-electron chi connectivity index (χ1n) is 11.8. The number of amides is 1. The highest BCUT2D eigenvalue weighted by Gasteiger charge is 2.32. The molecule has 2 heterocycles. The summed E-state index contributed by atoms with van der Waals surface area (Å²) < 4.78 is 16.7. The molecule has 1 aromatic heterocycles. The van der Waals surface area contributed by atoms with Crippen LogP contribution in [0.1, 0.15) is 31.2 Å². The molecule has 1 aliphatic rings. The first-order chi connectivity index (χ1) is 18.8. The van der Waals surface area contributed by atoms with Crippen LogP contribution in [0, 0.1) is 0 Å². The largest absolute Gasteiger partial charge is 0.483 e. The van der Waals surface area contributed by atoms with Crippen molar-refractivity contribution in [2.45, 2.75) is 19.9 Å². The fourth-order valence-electron chi connectivity index (χ4n) is 3.86. The zero-order chi connectivity index (χ0) is 27.9. The van der Waals surface area contributed by atoms with Crippen molar-refractivity contribution < 1.29 is 23.5 Å². The van der Waals surface area contributed by atoms with E-state index < -0.39 is 17.9 Å². The molecule has 0 radical (unpaired) electrons. The lowest BCUT2D eigenvalue weighted by Crippen LogP contribution is -2.45. The van der Waals surface area contributed by atoms with Crippen LogP contribution >= 0.6 is 35.4 Å². The van der Waals surface area contributed by atoms with Gasteiger partial charge in [0, 0.05) is 21.8 Å². The molecule has 39 heavy (non-hydrogen) atoms. The van der Waals surface area contributed by atoms with Crippen molar-refractivity contribution in [1.82, 2.24) is 16.1 Å². The van der Waals surface area contributed by atoms with Crippen molar-refractivity contribution in [3.8, 4) is 17.1 Å². The number of nitrogens with one attached hydrogen (secondary N) is 3. The molecular formula is C27H24Cl2N4O5S. The van der Waals surface area contributed by atoms with Crippen molar-refractivity contribution in [2.24, 2.45) is 5.10 Å². The van der Waals surface area contributed by atoms with Crippen molar-refractivity contribution in [3.63, 3.8) is 0 Å². The number of carbonyl (C=O) groups excluding carboxylic acids is 2. The van der Waals surface area contributed by atoms with Gasteiger partial charge < -0.3 is 24.5 Å². The van der Waals surface area contributed by atoms with E-state index in [9.17, 15) is 9.59 Å². The van der Waals surface area contributed by atoms with Crippen molar-refractivity contribution in [3.05, 3.63) is 87.2 Å². The summed E-state index contributed by atoms with van der Waals surface area (Å²) >= 11 is 17.5. The van der Waals surface area contributed by atoms with E-state index in [1.165, 1.54) is 6.21 Å². The van der Waals surface area contributed by atoms with E-state index in [2.05, 4.69) is 21.2 Å². The average Bonchev–Trinajstić information content (AvgIpc) is 3.35. The molecule has 3 aromatic rings. The van der Waals surface area contributed by atoms with E-state index >= 15 is 0 Å². The molecule has 3 N–H and O–H groups in total. The summed E-state index contributed by atoms with van der Waals surface area (Å²) in [4.78, 5) is 25.1. The SMILES string of the molecule is CCOC(=O)C1=C(C)NC(=S)N[C@H]1c1ccccc1OCC(=O)NN=Cc1ccc(-c2ccc(Cl)cc2Cl)o1. The molecule has 0 bridgehead atoms. The number of thiocarbonyl (C=S) groups is 1. The molecular weight excluding hydrogens is 563 g/mol. The number of ether oxygens (including phenoxy) is 2. The molecule has 0 spiro atoms. The van der Waals surface area contributed by atoms with Crippen LogP contribution in [0.15, 0.2) is 75.4 Å².